The van der Waals surface area contributed by atoms with E-state index in [0.29, 0.717) is 0 Å². The third-order valence-electron chi connectivity index (χ3n) is 0.235. The van der Waals surface area contributed by atoms with E-state index in [2.05, 4.69) is 4.84 Å². The molecule has 0 aromatic heterocycles. The Morgan fingerprint density at radius 3 is 1.33 bits per heavy atom. The van der Waals surface area contributed by atoms with Gasteiger partial charge in [-0.1, -0.05) is 0 Å². The predicted molar refractivity (Wildman–Crippen MR) is 40.3 cm³/mol. The number of hydrogen-bond donors (Lipinski definition) is 0. The van der Waals surface area contributed by atoms with E-state index < -0.39 is 5.09 Å². The first-order valence-corrected chi connectivity index (χ1v) is 1.54. The van der Waals surface area contributed by atoms with Crippen molar-refractivity contribution in [2.75, 3.05) is 6.61 Å². The summed E-state index contributed by atoms with van der Waals surface area (Å²) in [5.74, 6) is 0. The zero-order valence-electron chi connectivity index (χ0n) is 6.38. The highest BCUT2D eigenvalue weighted by molar-refractivity contribution is 3.95. The SMILES string of the molecule is CCO[N+](=O)[O-].O.O.O.O.O.O. The van der Waals surface area contributed by atoms with Crippen LogP contribution < -0.4 is 0 Å². The van der Waals surface area contributed by atoms with Gasteiger partial charge in [0.1, 0.15) is 0 Å². The average molecular weight is 199 g/mol. The maximum atomic E-state index is 9.18. The van der Waals surface area contributed by atoms with Crippen molar-refractivity contribution >= 4 is 0 Å². The summed E-state index contributed by atoms with van der Waals surface area (Å²) >= 11 is 0. The summed E-state index contributed by atoms with van der Waals surface area (Å²) in [5, 5.41) is 8.36. The molecule has 12 heavy (non-hydrogen) atoms. The minimum Gasteiger partial charge on any atom is -0.412 e. The monoisotopic (exact) mass is 199 g/mol. The van der Waals surface area contributed by atoms with Crippen LogP contribution in [-0.2, 0) is 4.84 Å². The van der Waals surface area contributed by atoms with Gasteiger partial charge in [0.15, 0.2) is 0 Å². The summed E-state index contributed by atoms with van der Waals surface area (Å²) in [6.45, 7) is 1.69. The van der Waals surface area contributed by atoms with E-state index in [1.165, 1.54) is 0 Å². The fourth-order valence-electron chi connectivity index (χ4n) is 0.105. The Kier molecular flexibility index (Phi) is 295. The zero-order chi connectivity index (χ0) is 4.99. The lowest BCUT2D eigenvalue weighted by Crippen LogP contribution is -1.97. The second-order valence-corrected chi connectivity index (χ2v) is 0.641. The van der Waals surface area contributed by atoms with Crippen molar-refractivity contribution in [3.05, 3.63) is 10.1 Å². The molecule has 0 atom stereocenters. The highest BCUT2D eigenvalue weighted by Gasteiger charge is 1.83. The van der Waals surface area contributed by atoms with Gasteiger partial charge >= 0.3 is 0 Å². The molecule has 0 unspecified atom stereocenters. The molecule has 0 radical (unpaired) electrons. The first-order valence-electron chi connectivity index (χ1n) is 1.54. The molecule has 84 valence electrons. The molecule has 0 aromatic rings. The van der Waals surface area contributed by atoms with Gasteiger partial charge in [0.05, 0.1) is 6.61 Å². The fourth-order valence-corrected chi connectivity index (χ4v) is 0.105. The molecule has 12 N–H and O–H groups in total. The highest BCUT2D eigenvalue weighted by atomic mass is 16.9. The third-order valence-corrected chi connectivity index (χ3v) is 0.235. The molecule has 0 saturated heterocycles. The Bertz CT molecular complexity index is 56.5. The van der Waals surface area contributed by atoms with Gasteiger partial charge in [0.2, 0.25) is 0 Å². The molecule has 0 fully saturated rings. The van der Waals surface area contributed by atoms with Crippen molar-refractivity contribution in [1.82, 2.24) is 0 Å². The quantitative estimate of drug-likeness (QED) is 0.314. The molecule has 0 aliphatic rings. The van der Waals surface area contributed by atoms with Crippen LogP contribution in [0.5, 0.6) is 0 Å². The lowest BCUT2D eigenvalue weighted by molar-refractivity contribution is -0.756. The summed E-state index contributed by atoms with van der Waals surface area (Å²) in [7, 11) is 0. The standard InChI is InChI=1S/C2H5NO3.6H2O/c1-2-6-3(4)5;;;;;;/h2H2,1H3;6*1H2. The zero-order valence-corrected chi connectivity index (χ0v) is 6.38. The van der Waals surface area contributed by atoms with E-state index in [-0.39, 0.29) is 39.5 Å². The van der Waals surface area contributed by atoms with E-state index in [4.69, 9.17) is 0 Å². The van der Waals surface area contributed by atoms with Crippen molar-refractivity contribution < 1.29 is 42.8 Å². The van der Waals surface area contributed by atoms with Crippen LogP contribution in [0.1, 0.15) is 6.92 Å². The van der Waals surface area contributed by atoms with Crippen LogP contribution in [0.2, 0.25) is 0 Å². The highest BCUT2D eigenvalue weighted by Crippen LogP contribution is 1.67. The van der Waals surface area contributed by atoms with E-state index in [0.717, 1.165) is 0 Å². The Morgan fingerprint density at radius 2 is 1.33 bits per heavy atom. The van der Waals surface area contributed by atoms with Crippen molar-refractivity contribution in [3.63, 3.8) is 0 Å². The molecule has 0 saturated carbocycles. The van der Waals surface area contributed by atoms with Gasteiger partial charge in [0, 0.05) is 0 Å². The van der Waals surface area contributed by atoms with Gasteiger partial charge in [-0.05, 0) is 6.92 Å². The van der Waals surface area contributed by atoms with Crippen LogP contribution in [0, 0.1) is 10.1 Å². The number of rotatable bonds is 2. The van der Waals surface area contributed by atoms with Crippen LogP contribution in [0.25, 0.3) is 0 Å². The first kappa shape index (κ1) is 69.3. The second kappa shape index (κ2) is 51.0. The summed E-state index contributed by atoms with van der Waals surface area (Å²) < 4.78 is 0. The van der Waals surface area contributed by atoms with E-state index in [9.17, 15) is 10.1 Å². The smallest absolute Gasteiger partial charge is 0.294 e. The maximum absolute atomic E-state index is 9.18. The lowest BCUT2D eigenvalue weighted by atomic mass is 10.9. The lowest BCUT2D eigenvalue weighted by Gasteiger charge is -1.83. The summed E-state index contributed by atoms with van der Waals surface area (Å²) in [5.41, 5.74) is 0. The summed E-state index contributed by atoms with van der Waals surface area (Å²) in [4.78, 5) is 12.9. The van der Waals surface area contributed by atoms with Crippen LogP contribution >= 0.6 is 0 Å². The van der Waals surface area contributed by atoms with Gasteiger partial charge in [0.25, 0.3) is 5.09 Å². The number of nitrogens with zero attached hydrogens (tertiary/aromatic N) is 1. The molecule has 0 amide bonds. The largest absolute Gasteiger partial charge is 0.412 e. The summed E-state index contributed by atoms with van der Waals surface area (Å²) in [6.07, 6.45) is 0. The molecular formula is C2H17NO9. The van der Waals surface area contributed by atoms with Crippen molar-refractivity contribution in [3.8, 4) is 0 Å². The van der Waals surface area contributed by atoms with Gasteiger partial charge in [-0.25, -0.2) is 0 Å². The predicted octanol–water partition coefficient (Wildman–Crippen LogP) is -4.73. The van der Waals surface area contributed by atoms with Crippen molar-refractivity contribution in [1.29, 1.82) is 0 Å². The van der Waals surface area contributed by atoms with Crippen molar-refractivity contribution in [2.24, 2.45) is 0 Å². The molecule has 0 aromatic carbocycles. The Labute approximate surface area is 67.7 Å². The topological polar surface area (TPSA) is 241 Å². The number of hydrogen-bond acceptors (Lipinski definition) is 3. The Morgan fingerprint density at radius 1 is 1.08 bits per heavy atom. The molecule has 0 spiro atoms. The van der Waals surface area contributed by atoms with Gasteiger partial charge in [-0.3, -0.25) is 0 Å². The maximum Gasteiger partial charge on any atom is 0.294 e. The van der Waals surface area contributed by atoms with Crippen LogP contribution in [0.15, 0.2) is 0 Å². The molecule has 0 heterocycles. The average Bonchev–Trinajstić information content (AvgIpc) is 1.35. The van der Waals surface area contributed by atoms with Gasteiger partial charge in [-0.15, -0.1) is 10.1 Å². The Hall–Kier alpha value is -1.04. The van der Waals surface area contributed by atoms with Crippen LogP contribution in [0.4, 0.5) is 0 Å². The Balaban J connectivity index is -0.00000000833. The third kappa shape index (κ3) is 148. The normalized spacial score (nSPS) is 3.75. The molecular weight excluding hydrogens is 182 g/mol. The van der Waals surface area contributed by atoms with E-state index in [1.807, 2.05) is 0 Å². The molecule has 10 heteroatoms. The van der Waals surface area contributed by atoms with Gasteiger partial charge < -0.3 is 37.7 Å². The minimum atomic E-state index is -0.819. The minimum absolute atomic E-state index is 0. The second-order valence-electron chi connectivity index (χ2n) is 0.641. The van der Waals surface area contributed by atoms with E-state index >= 15 is 0 Å². The van der Waals surface area contributed by atoms with Crippen molar-refractivity contribution in [2.45, 2.75) is 6.92 Å². The van der Waals surface area contributed by atoms with Crippen LogP contribution in [-0.4, -0.2) is 44.6 Å². The molecule has 0 rings (SSSR count). The fraction of sp³-hybridized carbons (Fsp3) is 1.00. The van der Waals surface area contributed by atoms with Crippen LogP contribution in [0.3, 0.4) is 0 Å². The summed E-state index contributed by atoms with van der Waals surface area (Å²) in [6, 6.07) is 0. The van der Waals surface area contributed by atoms with Gasteiger partial charge in [-0.2, -0.15) is 0 Å². The van der Waals surface area contributed by atoms with E-state index in [1.54, 1.807) is 6.92 Å². The molecule has 10 nitrogen and oxygen atoms in total. The molecule has 0 aliphatic heterocycles. The molecule has 0 aliphatic carbocycles. The first-order chi connectivity index (χ1) is 2.77. The molecule has 0 bridgehead atoms.